The van der Waals surface area contributed by atoms with Crippen molar-refractivity contribution >= 4 is 0 Å². The molecule has 1 aliphatic heterocycles. The number of nitrogens with zero attached hydrogens (tertiary/aromatic N) is 1. The molecule has 0 spiro atoms. The number of hydrogen-bond acceptors (Lipinski definition) is 4. The predicted molar refractivity (Wildman–Crippen MR) is 45.1 cm³/mol. The van der Waals surface area contributed by atoms with Crippen LogP contribution in [-0.2, 0) is 9.47 Å². The van der Waals surface area contributed by atoms with Crippen molar-refractivity contribution in [1.29, 1.82) is 0 Å². The molecule has 0 aliphatic carbocycles. The number of methoxy groups -OCH3 is 1. The molecule has 72 valence electrons. The summed E-state index contributed by atoms with van der Waals surface area (Å²) in [7, 11) is 1.66. The summed E-state index contributed by atoms with van der Waals surface area (Å²) in [6.45, 7) is 4.56. The van der Waals surface area contributed by atoms with E-state index in [1.54, 1.807) is 7.11 Å². The number of β-amino-alcohol motifs (C(OH)–C–C–N with tert-alkyl or cyclic N) is 1. The van der Waals surface area contributed by atoms with Gasteiger partial charge in [-0.15, -0.1) is 0 Å². The summed E-state index contributed by atoms with van der Waals surface area (Å²) in [6.07, 6.45) is -0.107. The lowest BCUT2D eigenvalue weighted by Crippen LogP contribution is -2.51. The van der Waals surface area contributed by atoms with Gasteiger partial charge in [-0.05, 0) is 0 Å². The van der Waals surface area contributed by atoms with Crippen molar-refractivity contribution in [1.82, 2.24) is 4.90 Å². The summed E-state index contributed by atoms with van der Waals surface area (Å²) >= 11 is 0. The summed E-state index contributed by atoms with van der Waals surface area (Å²) < 4.78 is 10.1. The van der Waals surface area contributed by atoms with Gasteiger partial charge in [0.25, 0.3) is 0 Å². The van der Waals surface area contributed by atoms with E-state index in [0.29, 0.717) is 13.2 Å². The van der Waals surface area contributed by atoms with E-state index in [-0.39, 0.29) is 6.10 Å². The topological polar surface area (TPSA) is 41.9 Å². The van der Waals surface area contributed by atoms with Gasteiger partial charge in [-0.25, -0.2) is 0 Å². The smallest absolute Gasteiger partial charge is 0.0793 e. The second kappa shape index (κ2) is 5.48. The van der Waals surface area contributed by atoms with Gasteiger partial charge < -0.3 is 14.6 Å². The highest BCUT2D eigenvalue weighted by molar-refractivity contribution is 4.77. The van der Waals surface area contributed by atoms with Crippen LogP contribution in [0.1, 0.15) is 0 Å². The van der Waals surface area contributed by atoms with E-state index in [4.69, 9.17) is 14.6 Å². The molecule has 1 N–H and O–H groups in total. The minimum Gasteiger partial charge on any atom is -0.390 e. The first-order chi connectivity index (χ1) is 5.83. The fourth-order valence-electron chi connectivity index (χ4n) is 1.16. The molecule has 0 aromatic rings. The van der Waals surface area contributed by atoms with E-state index in [9.17, 15) is 0 Å². The molecule has 12 heavy (non-hydrogen) atoms. The van der Waals surface area contributed by atoms with Crippen molar-refractivity contribution < 1.29 is 14.6 Å². The second-order valence-electron chi connectivity index (χ2n) is 3.02. The maximum atomic E-state index is 8.96. The van der Waals surface area contributed by atoms with Crippen molar-refractivity contribution in [2.45, 2.75) is 6.10 Å². The summed E-state index contributed by atoms with van der Waals surface area (Å²) in [5.41, 5.74) is 0. The normalized spacial score (nSPS) is 19.5. The zero-order valence-corrected chi connectivity index (χ0v) is 7.53. The Morgan fingerprint density at radius 2 is 2.08 bits per heavy atom. The van der Waals surface area contributed by atoms with Crippen LogP contribution in [0.2, 0.25) is 0 Å². The van der Waals surface area contributed by atoms with Gasteiger partial charge in [0.2, 0.25) is 0 Å². The van der Waals surface area contributed by atoms with Gasteiger partial charge in [-0.2, -0.15) is 0 Å². The van der Waals surface area contributed by atoms with Gasteiger partial charge in [0.15, 0.2) is 0 Å². The molecule has 4 heteroatoms. The third kappa shape index (κ3) is 3.49. The standard InChI is InChI=1S/C8H17NO3/c1-11-4-5-12-3-2-9-6-8(10)7-9/h8,10H,2-7H2,1H3. The highest BCUT2D eigenvalue weighted by atomic mass is 16.5. The molecule has 0 bridgehead atoms. The van der Waals surface area contributed by atoms with Crippen molar-refractivity contribution in [2.24, 2.45) is 0 Å². The number of likely N-dealkylation sites (tertiary alicyclic amines) is 1. The van der Waals surface area contributed by atoms with E-state index in [1.165, 1.54) is 0 Å². The van der Waals surface area contributed by atoms with E-state index in [0.717, 1.165) is 26.2 Å². The van der Waals surface area contributed by atoms with Crippen LogP contribution in [0.5, 0.6) is 0 Å². The van der Waals surface area contributed by atoms with E-state index in [1.807, 2.05) is 0 Å². The lowest BCUT2D eigenvalue weighted by molar-refractivity contribution is -0.0188. The Kier molecular flexibility index (Phi) is 4.53. The number of ether oxygens (including phenoxy) is 2. The van der Waals surface area contributed by atoms with Gasteiger partial charge in [-0.1, -0.05) is 0 Å². The number of hydrogen-bond donors (Lipinski definition) is 1. The van der Waals surface area contributed by atoms with Crippen LogP contribution in [-0.4, -0.2) is 62.7 Å². The largest absolute Gasteiger partial charge is 0.390 e. The van der Waals surface area contributed by atoms with E-state index in [2.05, 4.69) is 4.90 Å². The summed E-state index contributed by atoms with van der Waals surface area (Å²) in [5, 5.41) is 8.96. The van der Waals surface area contributed by atoms with Crippen molar-refractivity contribution in [3.63, 3.8) is 0 Å². The van der Waals surface area contributed by atoms with Crippen LogP contribution in [0.4, 0.5) is 0 Å². The zero-order chi connectivity index (χ0) is 8.81. The van der Waals surface area contributed by atoms with Gasteiger partial charge in [0.1, 0.15) is 0 Å². The Hall–Kier alpha value is -0.160. The Morgan fingerprint density at radius 3 is 2.67 bits per heavy atom. The predicted octanol–water partition coefficient (Wildman–Crippen LogP) is -0.674. The van der Waals surface area contributed by atoms with Gasteiger partial charge in [0.05, 0.1) is 25.9 Å². The van der Waals surface area contributed by atoms with Crippen LogP contribution < -0.4 is 0 Å². The molecule has 0 atom stereocenters. The van der Waals surface area contributed by atoms with Gasteiger partial charge >= 0.3 is 0 Å². The molecule has 0 radical (unpaired) electrons. The average Bonchev–Trinajstić information content (AvgIpc) is 2.00. The molecule has 0 amide bonds. The molecule has 0 saturated carbocycles. The van der Waals surface area contributed by atoms with Crippen LogP contribution in [0, 0.1) is 0 Å². The molecule has 1 heterocycles. The average molecular weight is 175 g/mol. The molecule has 0 unspecified atom stereocenters. The summed E-state index contributed by atoms with van der Waals surface area (Å²) in [5.74, 6) is 0. The van der Waals surface area contributed by atoms with Crippen LogP contribution >= 0.6 is 0 Å². The molecule has 4 nitrogen and oxygen atoms in total. The van der Waals surface area contributed by atoms with Gasteiger partial charge in [-0.3, -0.25) is 4.90 Å². The molecular weight excluding hydrogens is 158 g/mol. The first kappa shape index (κ1) is 9.92. The number of rotatable bonds is 6. The van der Waals surface area contributed by atoms with Crippen LogP contribution in [0.15, 0.2) is 0 Å². The van der Waals surface area contributed by atoms with Crippen LogP contribution in [0.25, 0.3) is 0 Å². The van der Waals surface area contributed by atoms with E-state index >= 15 is 0 Å². The number of aliphatic hydroxyl groups is 1. The zero-order valence-electron chi connectivity index (χ0n) is 7.53. The highest BCUT2D eigenvalue weighted by Gasteiger charge is 2.23. The Morgan fingerprint density at radius 1 is 1.33 bits per heavy atom. The van der Waals surface area contributed by atoms with Crippen molar-refractivity contribution in [3.8, 4) is 0 Å². The Balaban J connectivity index is 1.77. The molecule has 0 aromatic carbocycles. The quantitative estimate of drug-likeness (QED) is 0.543. The Bertz CT molecular complexity index is 115. The lowest BCUT2D eigenvalue weighted by Gasteiger charge is -2.35. The molecule has 1 fully saturated rings. The third-order valence-corrected chi connectivity index (χ3v) is 1.92. The monoisotopic (exact) mass is 175 g/mol. The first-order valence-electron chi connectivity index (χ1n) is 4.30. The molecular formula is C8H17NO3. The van der Waals surface area contributed by atoms with Crippen LogP contribution in [0.3, 0.4) is 0 Å². The summed E-state index contributed by atoms with van der Waals surface area (Å²) in [6, 6.07) is 0. The maximum Gasteiger partial charge on any atom is 0.0793 e. The minimum absolute atomic E-state index is 0.107. The molecule has 1 saturated heterocycles. The summed E-state index contributed by atoms with van der Waals surface area (Å²) in [4.78, 5) is 2.16. The molecule has 0 aromatic heterocycles. The number of aliphatic hydroxyl groups excluding tert-OH is 1. The maximum absolute atomic E-state index is 8.96. The second-order valence-corrected chi connectivity index (χ2v) is 3.02. The molecule has 1 rings (SSSR count). The SMILES string of the molecule is COCCOCCN1CC(O)C1. The van der Waals surface area contributed by atoms with Gasteiger partial charge in [0, 0.05) is 26.7 Å². The van der Waals surface area contributed by atoms with Crippen molar-refractivity contribution in [2.75, 3.05) is 46.6 Å². The minimum atomic E-state index is -0.107. The lowest BCUT2D eigenvalue weighted by atomic mass is 10.2. The fraction of sp³-hybridized carbons (Fsp3) is 1.00. The fourth-order valence-corrected chi connectivity index (χ4v) is 1.16. The third-order valence-electron chi connectivity index (χ3n) is 1.92. The first-order valence-corrected chi connectivity index (χ1v) is 4.30. The highest BCUT2D eigenvalue weighted by Crippen LogP contribution is 2.05. The Labute approximate surface area is 73.1 Å². The van der Waals surface area contributed by atoms with Crippen molar-refractivity contribution in [3.05, 3.63) is 0 Å². The van der Waals surface area contributed by atoms with E-state index < -0.39 is 0 Å². The molecule has 1 aliphatic rings.